The van der Waals surface area contributed by atoms with E-state index < -0.39 is 0 Å². The Morgan fingerprint density at radius 3 is 2.83 bits per heavy atom. The molecule has 0 aliphatic rings. The van der Waals surface area contributed by atoms with E-state index in [1.807, 2.05) is 5.38 Å². The predicted octanol–water partition coefficient (Wildman–Crippen LogP) is 2.03. The molecule has 2 aromatic rings. The highest BCUT2D eigenvalue weighted by molar-refractivity contribution is 7.14. The fourth-order valence-electron chi connectivity index (χ4n) is 0.773. The molecule has 0 unspecified atom stereocenters. The molecule has 0 amide bonds. The number of thiophene rings is 1. The first kappa shape index (κ1) is 7.57. The number of rotatable bonds is 1. The number of hydrogen-bond acceptors (Lipinski definition) is 5. The van der Waals surface area contributed by atoms with Gasteiger partial charge in [0.25, 0.3) is 5.89 Å². The summed E-state index contributed by atoms with van der Waals surface area (Å²) < 4.78 is 4.99. The lowest BCUT2D eigenvalue weighted by Gasteiger charge is -1.86. The van der Waals surface area contributed by atoms with Crippen LogP contribution in [0.15, 0.2) is 15.9 Å². The molecule has 62 valence electrons. The number of halogens is 1. The van der Waals surface area contributed by atoms with Gasteiger partial charge in [-0.05, 0) is 11.4 Å². The van der Waals surface area contributed by atoms with Crippen LogP contribution in [-0.4, -0.2) is 10.2 Å². The molecular weight excluding hydrogens is 198 g/mol. The molecule has 2 aromatic heterocycles. The zero-order valence-electron chi connectivity index (χ0n) is 5.82. The summed E-state index contributed by atoms with van der Waals surface area (Å²) in [5.74, 6) is 0.368. The van der Waals surface area contributed by atoms with E-state index in [0.717, 1.165) is 4.88 Å². The number of aromatic nitrogens is 2. The van der Waals surface area contributed by atoms with Gasteiger partial charge in [-0.3, -0.25) is 0 Å². The molecule has 0 radical (unpaired) electrons. The molecule has 4 nitrogen and oxygen atoms in total. The van der Waals surface area contributed by atoms with Gasteiger partial charge in [0.1, 0.15) is 4.88 Å². The maximum Gasteiger partial charge on any atom is 0.313 e. The summed E-state index contributed by atoms with van der Waals surface area (Å²) in [7, 11) is 0. The maximum absolute atomic E-state index is 5.83. The Balaban J connectivity index is 2.50. The van der Waals surface area contributed by atoms with E-state index in [9.17, 15) is 0 Å². The van der Waals surface area contributed by atoms with E-state index in [2.05, 4.69) is 10.2 Å². The first-order valence-electron chi connectivity index (χ1n) is 3.09. The summed E-state index contributed by atoms with van der Waals surface area (Å²) in [5, 5.41) is 9.67. The number of anilines is 1. The van der Waals surface area contributed by atoms with Crippen molar-refractivity contribution in [1.29, 1.82) is 0 Å². The van der Waals surface area contributed by atoms with Crippen LogP contribution in [-0.2, 0) is 0 Å². The average molecular weight is 202 g/mol. The largest absolute Gasteiger partial charge is 0.403 e. The Bertz CT molecular complexity index is 397. The van der Waals surface area contributed by atoms with Crippen LogP contribution in [0.5, 0.6) is 0 Å². The van der Waals surface area contributed by atoms with Crippen LogP contribution in [0.4, 0.5) is 6.01 Å². The SMILES string of the molecule is Nc1nnc(-c2sccc2Cl)o1. The van der Waals surface area contributed by atoms with Crippen molar-refractivity contribution in [3.8, 4) is 10.8 Å². The molecule has 0 aromatic carbocycles. The Labute approximate surface area is 77.0 Å². The molecule has 0 saturated heterocycles. The van der Waals surface area contributed by atoms with Crippen LogP contribution in [0.2, 0.25) is 5.02 Å². The second-order valence-corrected chi connectivity index (χ2v) is 3.37. The fourth-order valence-corrected chi connectivity index (χ4v) is 1.83. The van der Waals surface area contributed by atoms with E-state index in [-0.39, 0.29) is 6.01 Å². The standard InChI is InChI=1S/C6H4ClN3OS/c7-3-1-2-12-4(3)5-9-10-6(8)11-5/h1-2H,(H2,8,10). The Morgan fingerprint density at radius 2 is 2.33 bits per heavy atom. The van der Waals surface area contributed by atoms with Crippen molar-refractivity contribution in [2.45, 2.75) is 0 Å². The molecule has 6 heteroatoms. The van der Waals surface area contributed by atoms with Crippen molar-refractivity contribution in [3.05, 3.63) is 16.5 Å². The lowest BCUT2D eigenvalue weighted by molar-refractivity contribution is 0.592. The molecule has 0 bridgehead atoms. The monoisotopic (exact) mass is 201 g/mol. The van der Waals surface area contributed by atoms with Gasteiger partial charge < -0.3 is 10.2 Å². The summed E-state index contributed by atoms with van der Waals surface area (Å²) in [4.78, 5) is 0.751. The van der Waals surface area contributed by atoms with E-state index >= 15 is 0 Å². The summed E-state index contributed by atoms with van der Waals surface area (Å²) in [6.07, 6.45) is 0. The molecule has 2 rings (SSSR count). The van der Waals surface area contributed by atoms with Gasteiger partial charge in [-0.15, -0.1) is 16.4 Å². The second-order valence-electron chi connectivity index (χ2n) is 2.04. The van der Waals surface area contributed by atoms with Crippen LogP contribution in [0, 0.1) is 0 Å². The average Bonchev–Trinajstić information content (AvgIpc) is 2.58. The van der Waals surface area contributed by atoms with E-state index in [4.69, 9.17) is 21.8 Å². The minimum absolute atomic E-state index is 0.0504. The van der Waals surface area contributed by atoms with Gasteiger partial charge in [-0.2, -0.15) is 0 Å². The van der Waals surface area contributed by atoms with Crippen LogP contribution < -0.4 is 5.73 Å². The Kier molecular flexibility index (Phi) is 1.74. The van der Waals surface area contributed by atoms with E-state index in [1.54, 1.807) is 6.07 Å². The highest BCUT2D eigenvalue weighted by atomic mass is 35.5. The quantitative estimate of drug-likeness (QED) is 0.767. The zero-order chi connectivity index (χ0) is 8.55. The van der Waals surface area contributed by atoms with E-state index in [0.29, 0.717) is 10.9 Å². The number of nitrogens with zero attached hydrogens (tertiary/aromatic N) is 2. The number of nitrogen functional groups attached to an aromatic ring is 1. The third-order valence-corrected chi connectivity index (χ3v) is 2.58. The van der Waals surface area contributed by atoms with Crippen molar-refractivity contribution < 1.29 is 4.42 Å². The third kappa shape index (κ3) is 1.17. The number of hydrogen-bond donors (Lipinski definition) is 1. The third-order valence-electron chi connectivity index (χ3n) is 1.25. The highest BCUT2D eigenvalue weighted by Gasteiger charge is 2.11. The van der Waals surface area contributed by atoms with Gasteiger partial charge in [0.2, 0.25) is 0 Å². The molecule has 0 saturated carbocycles. The van der Waals surface area contributed by atoms with Gasteiger partial charge >= 0.3 is 6.01 Å². The molecule has 0 fully saturated rings. The molecule has 12 heavy (non-hydrogen) atoms. The smallest absolute Gasteiger partial charge is 0.313 e. The lowest BCUT2D eigenvalue weighted by Crippen LogP contribution is -1.81. The molecule has 2 N–H and O–H groups in total. The van der Waals surface area contributed by atoms with Gasteiger partial charge in [-0.25, -0.2) is 0 Å². The van der Waals surface area contributed by atoms with Crippen molar-refractivity contribution in [2.75, 3.05) is 5.73 Å². The van der Waals surface area contributed by atoms with Crippen molar-refractivity contribution >= 4 is 29.0 Å². The molecule has 0 aliphatic heterocycles. The molecule has 2 heterocycles. The maximum atomic E-state index is 5.83. The zero-order valence-corrected chi connectivity index (χ0v) is 7.39. The minimum atomic E-state index is 0.0504. The fraction of sp³-hybridized carbons (Fsp3) is 0. The lowest BCUT2D eigenvalue weighted by atomic mass is 10.5. The van der Waals surface area contributed by atoms with Crippen LogP contribution >= 0.6 is 22.9 Å². The van der Waals surface area contributed by atoms with Crippen molar-refractivity contribution in [3.63, 3.8) is 0 Å². The molecule has 0 spiro atoms. The summed E-state index contributed by atoms with van der Waals surface area (Å²) >= 11 is 7.26. The van der Waals surface area contributed by atoms with Gasteiger partial charge in [-0.1, -0.05) is 16.7 Å². The summed E-state index contributed by atoms with van der Waals surface area (Å²) in [6.45, 7) is 0. The Hall–Kier alpha value is -1.07. The molecule has 0 atom stereocenters. The van der Waals surface area contributed by atoms with Gasteiger partial charge in [0.15, 0.2) is 0 Å². The van der Waals surface area contributed by atoms with Crippen LogP contribution in [0.25, 0.3) is 10.8 Å². The second kappa shape index (κ2) is 2.76. The molecular formula is C6H4ClN3OS. The minimum Gasteiger partial charge on any atom is -0.403 e. The summed E-state index contributed by atoms with van der Waals surface area (Å²) in [6, 6.07) is 1.82. The van der Waals surface area contributed by atoms with Crippen molar-refractivity contribution in [2.24, 2.45) is 0 Å². The van der Waals surface area contributed by atoms with E-state index in [1.165, 1.54) is 11.3 Å². The number of nitrogens with two attached hydrogens (primary N) is 1. The first-order valence-corrected chi connectivity index (χ1v) is 4.35. The van der Waals surface area contributed by atoms with Crippen LogP contribution in [0.1, 0.15) is 0 Å². The van der Waals surface area contributed by atoms with Gasteiger partial charge in [0.05, 0.1) is 5.02 Å². The normalized spacial score (nSPS) is 10.4. The van der Waals surface area contributed by atoms with Gasteiger partial charge in [0, 0.05) is 0 Å². The van der Waals surface area contributed by atoms with Crippen molar-refractivity contribution in [1.82, 2.24) is 10.2 Å². The van der Waals surface area contributed by atoms with Crippen LogP contribution in [0.3, 0.4) is 0 Å². The summed E-state index contributed by atoms with van der Waals surface area (Å²) in [5.41, 5.74) is 5.26. The predicted molar refractivity (Wildman–Crippen MR) is 47.0 cm³/mol. The molecule has 0 aliphatic carbocycles. The topological polar surface area (TPSA) is 64.9 Å². The highest BCUT2D eigenvalue weighted by Crippen LogP contribution is 2.32. The first-order chi connectivity index (χ1) is 5.77. The Morgan fingerprint density at radius 1 is 1.50 bits per heavy atom.